The number of nitrogens with zero attached hydrogens (tertiary/aromatic N) is 3. The Bertz CT molecular complexity index is 895. The summed E-state index contributed by atoms with van der Waals surface area (Å²) in [4.78, 5) is 20.7. The summed E-state index contributed by atoms with van der Waals surface area (Å²) in [6, 6.07) is 6.28. The smallest absolute Gasteiger partial charge is 0.309 e. The molecule has 28 heavy (non-hydrogen) atoms. The van der Waals surface area contributed by atoms with Gasteiger partial charge in [-0.25, -0.2) is 8.42 Å². The number of carbonyl (C=O) groups is 1. The van der Waals surface area contributed by atoms with Crippen LogP contribution in [0.1, 0.15) is 31.6 Å². The van der Waals surface area contributed by atoms with Crippen molar-refractivity contribution in [2.45, 2.75) is 30.8 Å². The Hall–Kier alpha value is -2.52. The van der Waals surface area contributed by atoms with Gasteiger partial charge in [0.2, 0.25) is 10.0 Å². The molecule has 2 aromatic rings. The van der Waals surface area contributed by atoms with Crippen molar-refractivity contribution >= 4 is 16.0 Å². The highest BCUT2D eigenvalue weighted by Gasteiger charge is 2.33. The highest BCUT2D eigenvalue weighted by Crippen LogP contribution is 2.27. The maximum atomic E-state index is 12.8. The van der Waals surface area contributed by atoms with Gasteiger partial charge in [0.15, 0.2) is 0 Å². The van der Waals surface area contributed by atoms with Gasteiger partial charge >= 0.3 is 5.97 Å². The lowest BCUT2D eigenvalue weighted by Crippen LogP contribution is -2.40. The Morgan fingerprint density at radius 1 is 1.18 bits per heavy atom. The number of carbonyl (C=O) groups excluding carboxylic acids is 1. The molecule has 0 bridgehead atoms. The molecular weight excluding hydrogens is 382 g/mol. The first-order chi connectivity index (χ1) is 13.4. The quantitative estimate of drug-likeness (QED) is 0.679. The number of aromatic nitrogens is 2. The molecule has 1 fully saturated rings. The Morgan fingerprint density at radius 3 is 2.43 bits per heavy atom. The van der Waals surface area contributed by atoms with Crippen LogP contribution >= 0.6 is 0 Å². The topological polar surface area (TPSA) is 98.7 Å². The van der Waals surface area contributed by atoms with E-state index in [4.69, 9.17) is 9.47 Å². The highest BCUT2D eigenvalue weighted by atomic mass is 32.2. The van der Waals surface area contributed by atoms with Crippen LogP contribution in [-0.2, 0) is 19.6 Å². The van der Waals surface area contributed by atoms with Gasteiger partial charge in [-0.15, -0.1) is 0 Å². The average molecular weight is 405 g/mol. The fraction of sp³-hybridized carbons (Fsp3) is 0.421. The predicted molar refractivity (Wildman–Crippen MR) is 101 cm³/mol. The van der Waals surface area contributed by atoms with Crippen LogP contribution in [0.15, 0.2) is 47.8 Å². The van der Waals surface area contributed by atoms with Gasteiger partial charge in [0.1, 0.15) is 11.9 Å². The molecule has 0 saturated carbocycles. The molecule has 0 spiro atoms. The lowest BCUT2D eigenvalue weighted by molar-refractivity contribution is -0.155. The molecule has 3 rings (SSSR count). The minimum atomic E-state index is -3.59. The lowest BCUT2D eigenvalue weighted by atomic mass is 9.98. The second kappa shape index (κ2) is 8.66. The molecule has 0 N–H and O–H groups in total. The number of ether oxygens (including phenoxy) is 2. The van der Waals surface area contributed by atoms with Gasteiger partial charge in [0.25, 0.3) is 0 Å². The summed E-state index contributed by atoms with van der Waals surface area (Å²) in [6.45, 7) is 2.28. The number of piperidine rings is 1. The minimum Gasteiger partial charge on any atom is -0.497 e. The average Bonchev–Trinajstić information content (AvgIpc) is 2.74. The summed E-state index contributed by atoms with van der Waals surface area (Å²) >= 11 is 0. The zero-order valence-corrected chi connectivity index (χ0v) is 16.6. The minimum absolute atomic E-state index is 0.214. The van der Waals surface area contributed by atoms with Crippen molar-refractivity contribution in [3.05, 3.63) is 48.5 Å². The number of hydrogen-bond donors (Lipinski definition) is 0. The van der Waals surface area contributed by atoms with Crippen LogP contribution in [0.2, 0.25) is 0 Å². The fourth-order valence-electron chi connectivity index (χ4n) is 3.08. The third-order valence-corrected chi connectivity index (χ3v) is 6.69. The van der Waals surface area contributed by atoms with Gasteiger partial charge in [-0.2, -0.15) is 4.31 Å². The molecule has 1 saturated heterocycles. The third kappa shape index (κ3) is 4.48. The van der Waals surface area contributed by atoms with E-state index in [-0.39, 0.29) is 29.9 Å². The van der Waals surface area contributed by atoms with Gasteiger partial charge in [-0.05, 0) is 44.0 Å². The molecule has 0 unspecified atom stereocenters. The van der Waals surface area contributed by atoms with E-state index < -0.39 is 16.1 Å². The van der Waals surface area contributed by atoms with E-state index in [9.17, 15) is 13.2 Å². The van der Waals surface area contributed by atoms with Gasteiger partial charge in [-0.3, -0.25) is 14.8 Å². The van der Waals surface area contributed by atoms with Gasteiger partial charge in [0, 0.05) is 25.5 Å². The molecule has 1 aromatic heterocycles. The Morgan fingerprint density at radius 2 is 1.86 bits per heavy atom. The summed E-state index contributed by atoms with van der Waals surface area (Å²) < 4.78 is 37.5. The Labute approximate surface area is 164 Å². The molecular formula is C19H23N3O5S. The number of methoxy groups -OCH3 is 1. The molecule has 0 aliphatic carbocycles. The summed E-state index contributed by atoms with van der Waals surface area (Å²) in [6.07, 6.45) is 4.99. The van der Waals surface area contributed by atoms with E-state index in [0.29, 0.717) is 24.3 Å². The maximum absolute atomic E-state index is 12.8. The zero-order valence-electron chi connectivity index (χ0n) is 15.8. The molecule has 1 atom stereocenters. The third-order valence-electron chi connectivity index (χ3n) is 4.78. The first-order valence-corrected chi connectivity index (χ1v) is 10.5. The van der Waals surface area contributed by atoms with Gasteiger partial charge in [-0.1, -0.05) is 0 Å². The van der Waals surface area contributed by atoms with Crippen LogP contribution in [0.3, 0.4) is 0 Å². The van der Waals surface area contributed by atoms with Crippen LogP contribution in [0.25, 0.3) is 0 Å². The molecule has 1 aliphatic rings. The maximum Gasteiger partial charge on any atom is 0.309 e. The van der Waals surface area contributed by atoms with E-state index in [1.165, 1.54) is 23.5 Å². The monoisotopic (exact) mass is 405 g/mol. The SMILES string of the molecule is COc1ccc(S(=O)(=O)N2CCC(C(=O)O[C@@H](C)c3cnccn3)CC2)cc1. The second-order valence-corrected chi connectivity index (χ2v) is 8.50. The van der Waals surface area contributed by atoms with Crippen LogP contribution in [0, 0.1) is 5.92 Å². The highest BCUT2D eigenvalue weighted by molar-refractivity contribution is 7.89. The number of esters is 1. The summed E-state index contributed by atoms with van der Waals surface area (Å²) in [5.74, 6) is -0.0706. The first-order valence-electron chi connectivity index (χ1n) is 9.02. The van der Waals surface area contributed by atoms with E-state index >= 15 is 0 Å². The van der Waals surface area contributed by atoms with Crippen molar-refractivity contribution in [2.24, 2.45) is 5.92 Å². The number of benzene rings is 1. The van der Waals surface area contributed by atoms with Crippen LogP contribution < -0.4 is 4.74 Å². The van der Waals surface area contributed by atoms with Crippen LogP contribution in [-0.4, -0.2) is 48.9 Å². The zero-order chi connectivity index (χ0) is 20.1. The van der Waals surface area contributed by atoms with Crippen molar-refractivity contribution in [3.8, 4) is 5.75 Å². The van der Waals surface area contributed by atoms with Gasteiger partial charge in [0.05, 0.1) is 29.8 Å². The largest absolute Gasteiger partial charge is 0.497 e. The van der Waals surface area contributed by atoms with E-state index in [0.717, 1.165) is 0 Å². The van der Waals surface area contributed by atoms with Gasteiger partial charge < -0.3 is 9.47 Å². The predicted octanol–water partition coefficient (Wildman–Crippen LogP) is 2.19. The van der Waals surface area contributed by atoms with Crippen LogP contribution in [0.4, 0.5) is 0 Å². The first kappa shape index (κ1) is 20.2. The van der Waals surface area contributed by atoms with Crippen molar-refractivity contribution < 1.29 is 22.7 Å². The molecule has 1 aliphatic heterocycles. The molecule has 8 nitrogen and oxygen atoms in total. The molecule has 2 heterocycles. The Kier molecular flexibility index (Phi) is 6.25. The fourth-order valence-corrected chi connectivity index (χ4v) is 4.55. The lowest BCUT2D eigenvalue weighted by Gasteiger charge is -2.30. The normalized spacial score (nSPS) is 17.1. The molecule has 9 heteroatoms. The summed E-state index contributed by atoms with van der Waals surface area (Å²) in [5.41, 5.74) is 0.579. The van der Waals surface area contributed by atoms with E-state index in [1.54, 1.807) is 37.6 Å². The molecule has 0 radical (unpaired) electrons. The second-order valence-electron chi connectivity index (χ2n) is 6.56. The molecule has 150 valence electrons. The van der Waals surface area contributed by atoms with E-state index in [1.807, 2.05) is 0 Å². The Balaban J connectivity index is 1.58. The van der Waals surface area contributed by atoms with Crippen molar-refractivity contribution in [1.29, 1.82) is 0 Å². The van der Waals surface area contributed by atoms with Crippen molar-refractivity contribution in [1.82, 2.24) is 14.3 Å². The molecule has 0 amide bonds. The number of rotatable bonds is 6. The van der Waals surface area contributed by atoms with Crippen molar-refractivity contribution in [2.75, 3.05) is 20.2 Å². The number of sulfonamides is 1. The van der Waals surface area contributed by atoms with Crippen LogP contribution in [0.5, 0.6) is 5.75 Å². The standard InChI is InChI=1S/C19H23N3O5S/c1-14(18-13-20-9-10-21-18)27-19(23)15-7-11-22(12-8-15)28(24,25)17-5-3-16(26-2)4-6-17/h3-6,9-10,13-15H,7-8,11-12H2,1-2H3/t14-/m0/s1. The number of hydrogen-bond acceptors (Lipinski definition) is 7. The summed E-state index contributed by atoms with van der Waals surface area (Å²) in [5, 5.41) is 0. The van der Waals surface area contributed by atoms with Crippen molar-refractivity contribution in [3.63, 3.8) is 0 Å². The summed E-state index contributed by atoms with van der Waals surface area (Å²) in [7, 11) is -2.07. The van der Waals surface area contributed by atoms with E-state index in [2.05, 4.69) is 9.97 Å². The molecule has 1 aromatic carbocycles.